The molecule has 9 heavy (non-hydrogen) atoms. The molecule has 0 spiro atoms. The lowest BCUT2D eigenvalue weighted by molar-refractivity contribution is -0.138. The molecular formula is C5H11NO3. The van der Waals surface area contributed by atoms with Crippen LogP contribution in [0.4, 0.5) is 0 Å². The Morgan fingerprint density at radius 2 is 2.44 bits per heavy atom. The average molecular weight is 135 g/mol. The van der Waals surface area contributed by atoms with Crippen molar-refractivity contribution in [2.24, 2.45) is 5.73 Å². The molecule has 0 amide bonds. The van der Waals surface area contributed by atoms with Gasteiger partial charge in [-0.15, -0.1) is 0 Å². The van der Waals surface area contributed by atoms with Crippen molar-refractivity contribution < 1.29 is 17.7 Å². The van der Waals surface area contributed by atoms with Gasteiger partial charge in [-0.25, -0.2) is 0 Å². The minimum absolute atomic E-state index is 0.0706. The molecule has 0 heterocycles. The van der Waals surface area contributed by atoms with E-state index in [1.807, 2.05) is 0 Å². The highest BCUT2D eigenvalue weighted by atomic mass is 16.4. The van der Waals surface area contributed by atoms with Gasteiger partial charge in [-0.3, -0.25) is 4.79 Å². The summed E-state index contributed by atoms with van der Waals surface area (Å²) in [7, 11) is 0. The Kier molecular flexibility index (Phi) is 2.48. The van der Waals surface area contributed by atoms with E-state index < -0.39 is 18.6 Å². The third-order valence-corrected chi connectivity index (χ3v) is 0.884. The van der Waals surface area contributed by atoms with Crippen molar-refractivity contribution in [3.8, 4) is 0 Å². The van der Waals surface area contributed by atoms with Crippen molar-refractivity contribution in [2.45, 2.75) is 18.9 Å². The number of rotatable bonds is 4. The van der Waals surface area contributed by atoms with Gasteiger partial charge in [0.2, 0.25) is 0 Å². The first-order valence-electron chi connectivity index (χ1n) is 3.54. The van der Waals surface area contributed by atoms with Gasteiger partial charge in [-0.1, -0.05) is 0 Å². The van der Waals surface area contributed by atoms with Crippen LogP contribution in [0.3, 0.4) is 0 Å². The van der Waals surface area contributed by atoms with Crippen LogP contribution >= 0.6 is 0 Å². The predicted octanol–water partition coefficient (Wildman–Crippen LogP) is -0.829. The van der Waals surface area contributed by atoms with Gasteiger partial charge in [0.15, 0.2) is 0 Å². The van der Waals surface area contributed by atoms with Gasteiger partial charge in [0.1, 0.15) is 6.04 Å². The molecular weight excluding hydrogens is 122 g/mol. The molecule has 0 rings (SSSR count). The molecule has 4 N–H and O–H groups in total. The molecule has 0 aromatic heterocycles. The molecule has 0 saturated heterocycles. The number of carboxylic acids is 1. The fourth-order valence-electron chi connectivity index (χ4n) is 0.344. The van der Waals surface area contributed by atoms with Gasteiger partial charge < -0.3 is 15.9 Å². The highest BCUT2D eigenvalue weighted by Crippen LogP contribution is 1.91. The molecule has 54 valence electrons. The van der Waals surface area contributed by atoms with Gasteiger partial charge >= 0.3 is 5.97 Å². The lowest BCUT2D eigenvalue weighted by atomic mass is 10.2. The lowest BCUT2D eigenvalue weighted by Gasteiger charge is -2.02. The van der Waals surface area contributed by atoms with Crippen molar-refractivity contribution >= 4 is 5.97 Å². The zero-order chi connectivity index (χ0) is 9.07. The standard InChI is InChI=1S/C5H11NO3/c6-4(5(8)9)2-1-3-7/h4,7H,1-3,6H2,(H,8,9)/t4-/m0/s1/i3D2. The quantitative estimate of drug-likeness (QED) is 0.470. The van der Waals surface area contributed by atoms with Crippen LogP contribution in [0.15, 0.2) is 0 Å². The van der Waals surface area contributed by atoms with Crippen LogP contribution in [0.5, 0.6) is 0 Å². The third kappa shape index (κ3) is 3.93. The number of hydrogen-bond acceptors (Lipinski definition) is 3. The summed E-state index contributed by atoms with van der Waals surface area (Å²) in [4.78, 5) is 10.1. The number of carbonyl (C=O) groups is 1. The van der Waals surface area contributed by atoms with E-state index in [4.69, 9.17) is 18.7 Å². The van der Waals surface area contributed by atoms with Crippen molar-refractivity contribution in [1.29, 1.82) is 0 Å². The Labute approximate surface area is 56.1 Å². The molecule has 0 aliphatic heterocycles. The molecule has 4 heteroatoms. The van der Waals surface area contributed by atoms with Crippen molar-refractivity contribution in [3.63, 3.8) is 0 Å². The Hall–Kier alpha value is -0.610. The van der Waals surface area contributed by atoms with E-state index in [2.05, 4.69) is 0 Å². The second kappa shape index (κ2) is 4.29. The Morgan fingerprint density at radius 1 is 1.89 bits per heavy atom. The van der Waals surface area contributed by atoms with Crippen LogP contribution in [0.2, 0.25) is 0 Å². The Bertz CT molecular complexity index is 145. The maximum Gasteiger partial charge on any atom is 0.320 e. The molecule has 0 saturated carbocycles. The highest BCUT2D eigenvalue weighted by molar-refractivity contribution is 5.72. The van der Waals surface area contributed by atoms with E-state index in [0.29, 0.717) is 0 Å². The summed E-state index contributed by atoms with van der Waals surface area (Å²) in [6.45, 7) is -2.33. The minimum atomic E-state index is -2.33. The summed E-state index contributed by atoms with van der Waals surface area (Å²) < 4.78 is 13.3. The predicted molar refractivity (Wildman–Crippen MR) is 31.9 cm³/mol. The number of hydrogen-bond donors (Lipinski definition) is 3. The largest absolute Gasteiger partial charge is 0.480 e. The van der Waals surface area contributed by atoms with Crippen LogP contribution in [-0.2, 0) is 4.79 Å². The number of carboxylic acid groups (broad SMARTS) is 1. The first-order valence-corrected chi connectivity index (χ1v) is 2.54. The van der Waals surface area contributed by atoms with E-state index in [9.17, 15) is 4.79 Å². The van der Waals surface area contributed by atoms with Crippen LogP contribution in [-0.4, -0.2) is 28.8 Å². The van der Waals surface area contributed by atoms with E-state index >= 15 is 0 Å². The Morgan fingerprint density at radius 3 is 2.78 bits per heavy atom. The van der Waals surface area contributed by atoms with Crippen LogP contribution in [0.25, 0.3) is 0 Å². The van der Waals surface area contributed by atoms with Gasteiger partial charge in [0.25, 0.3) is 0 Å². The van der Waals surface area contributed by atoms with Gasteiger partial charge in [-0.05, 0) is 12.8 Å². The zero-order valence-electron chi connectivity index (χ0n) is 6.87. The molecule has 0 aromatic rings. The monoisotopic (exact) mass is 135 g/mol. The normalized spacial score (nSPS) is 18.0. The third-order valence-electron chi connectivity index (χ3n) is 0.884. The molecule has 0 radical (unpaired) electrons. The molecule has 0 fully saturated rings. The maximum absolute atomic E-state index is 10.1. The first-order chi connectivity index (χ1) is 4.83. The van der Waals surface area contributed by atoms with Gasteiger partial charge in [0, 0.05) is 6.56 Å². The minimum Gasteiger partial charge on any atom is -0.480 e. The van der Waals surface area contributed by atoms with Crippen molar-refractivity contribution in [2.75, 3.05) is 6.56 Å². The smallest absolute Gasteiger partial charge is 0.320 e. The lowest BCUT2D eigenvalue weighted by Crippen LogP contribution is -2.29. The first kappa shape index (κ1) is 5.20. The van der Waals surface area contributed by atoms with E-state index in [0.717, 1.165) is 0 Å². The summed E-state index contributed by atoms with van der Waals surface area (Å²) in [6.07, 6.45) is -0.334. The zero-order valence-corrected chi connectivity index (χ0v) is 4.87. The fourth-order valence-corrected chi connectivity index (χ4v) is 0.344. The van der Waals surface area contributed by atoms with Gasteiger partial charge in [0.05, 0.1) is 2.74 Å². The number of aliphatic hydroxyl groups is 1. The summed E-state index contributed by atoms with van der Waals surface area (Å²) in [5.41, 5.74) is 5.05. The topological polar surface area (TPSA) is 83.5 Å². The second-order valence-electron chi connectivity index (χ2n) is 1.64. The molecule has 0 unspecified atom stereocenters. The summed E-state index contributed by atoms with van der Waals surface area (Å²) >= 11 is 0. The second-order valence-corrected chi connectivity index (χ2v) is 1.64. The highest BCUT2D eigenvalue weighted by Gasteiger charge is 2.08. The van der Waals surface area contributed by atoms with Gasteiger partial charge in [-0.2, -0.15) is 0 Å². The van der Waals surface area contributed by atoms with E-state index in [1.54, 1.807) is 0 Å². The van der Waals surface area contributed by atoms with Crippen LogP contribution in [0.1, 0.15) is 15.6 Å². The van der Waals surface area contributed by atoms with Crippen molar-refractivity contribution in [1.82, 2.24) is 0 Å². The summed E-state index contributed by atoms with van der Waals surface area (Å²) in [5.74, 6) is -1.19. The molecule has 1 atom stereocenters. The fraction of sp³-hybridized carbons (Fsp3) is 0.800. The molecule has 4 nitrogen and oxygen atoms in total. The van der Waals surface area contributed by atoms with Crippen molar-refractivity contribution in [3.05, 3.63) is 0 Å². The Balaban J connectivity index is 3.63. The molecule has 0 aliphatic rings. The van der Waals surface area contributed by atoms with Crippen LogP contribution in [0, 0.1) is 0 Å². The van der Waals surface area contributed by atoms with E-state index in [1.165, 1.54) is 0 Å². The van der Waals surface area contributed by atoms with Crippen LogP contribution < -0.4 is 5.73 Å². The SMILES string of the molecule is [2H]C([2H])(O)CC[C@H](N)C(=O)O. The molecule has 0 aromatic carbocycles. The number of aliphatic carboxylic acids is 1. The maximum atomic E-state index is 10.1. The summed E-state index contributed by atoms with van der Waals surface area (Å²) in [5, 5.41) is 16.8. The van der Waals surface area contributed by atoms with E-state index in [-0.39, 0.29) is 12.8 Å². The molecule has 0 aliphatic carbocycles. The molecule has 0 bridgehead atoms. The number of nitrogens with two attached hydrogens (primary N) is 1. The average Bonchev–Trinajstić information content (AvgIpc) is 1.80. The summed E-state index contributed by atoms with van der Waals surface area (Å²) in [6, 6.07) is -1.10.